The molecule has 4 saturated carbocycles. The number of aromatic carboxylic acids is 1. The molecule has 0 radical (unpaired) electrons. The van der Waals surface area contributed by atoms with Gasteiger partial charge in [-0.2, -0.15) is 0 Å². The molecule has 1 aromatic carbocycles. The average Bonchev–Trinajstić information content (AvgIpc) is 2.57. The van der Waals surface area contributed by atoms with E-state index in [-0.39, 0.29) is 17.0 Å². The Balaban J connectivity index is 1.75. The van der Waals surface area contributed by atoms with Gasteiger partial charge < -0.3 is 9.84 Å². The smallest absolute Gasteiger partial charge is 0.335 e. The first kappa shape index (κ1) is 16.1. The molecule has 0 spiro atoms. The second kappa shape index (κ2) is 5.58. The molecule has 0 unspecified atom stereocenters. The van der Waals surface area contributed by atoms with E-state index < -0.39 is 16.5 Å². The lowest BCUT2D eigenvalue weighted by Crippen LogP contribution is -2.59. The van der Waals surface area contributed by atoms with Gasteiger partial charge in [-0.05, 0) is 56.1 Å². The van der Waals surface area contributed by atoms with Crippen LogP contribution in [0.25, 0.3) is 0 Å². The topological polar surface area (TPSA) is 89.7 Å². The zero-order valence-electron chi connectivity index (χ0n) is 13.9. The molecule has 1 N–H and O–H groups in total. The minimum atomic E-state index is -1.13. The monoisotopic (exact) mass is 343 g/mol. The fourth-order valence-corrected chi connectivity index (χ4v) is 5.53. The van der Waals surface area contributed by atoms with Gasteiger partial charge in [0.05, 0.1) is 10.5 Å². The van der Waals surface area contributed by atoms with E-state index in [1.807, 2.05) is 6.08 Å². The molecule has 5 rings (SSSR count). The first-order valence-corrected chi connectivity index (χ1v) is 8.77. The SMILES string of the molecule is C=CC1(Oc2cc(C(=O)O)ccc2[N+](=O)[O-])C2CC3CC(C2)CC1C3. The summed E-state index contributed by atoms with van der Waals surface area (Å²) in [7, 11) is 0. The number of rotatable bonds is 5. The molecule has 0 saturated heterocycles. The third-order valence-electron chi connectivity index (χ3n) is 6.42. The minimum absolute atomic E-state index is 0.0105. The van der Waals surface area contributed by atoms with E-state index in [0.717, 1.165) is 37.5 Å². The number of nitro groups is 1. The van der Waals surface area contributed by atoms with Crippen molar-refractivity contribution in [1.82, 2.24) is 0 Å². The maximum Gasteiger partial charge on any atom is 0.335 e. The summed E-state index contributed by atoms with van der Waals surface area (Å²) in [6.45, 7) is 4.00. The van der Waals surface area contributed by atoms with Crippen molar-refractivity contribution in [1.29, 1.82) is 0 Å². The molecule has 4 aliphatic carbocycles. The van der Waals surface area contributed by atoms with Crippen LogP contribution in [0.2, 0.25) is 0 Å². The zero-order chi connectivity index (χ0) is 17.8. The third-order valence-corrected chi connectivity index (χ3v) is 6.42. The first-order valence-electron chi connectivity index (χ1n) is 8.77. The Bertz CT molecular complexity index is 728. The molecule has 4 aliphatic rings. The predicted molar refractivity (Wildman–Crippen MR) is 90.7 cm³/mol. The lowest BCUT2D eigenvalue weighted by atomic mass is 9.50. The van der Waals surface area contributed by atoms with Crippen molar-refractivity contribution in [2.75, 3.05) is 0 Å². The van der Waals surface area contributed by atoms with Crippen LogP contribution in [0.4, 0.5) is 5.69 Å². The van der Waals surface area contributed by atoms with Crippen molar-refractivity contribution >= 4 is 11.7 Å². The first-order chi connectivity index (χ1) is 11.9. The minimum Gasteiger partial charge on any atom is -0.478 e. The van der Waals surface area contributed by atoms with Crippen LogP contribution >= 0.6 is 0 Å². The standard InChI is InChI=1S/C19H21NO5/c1-2-19(14-6-11-5-12(8-14)9-15(19)7-11)25-17-10-13(18(21)22)3-4-16(17)20(23)24/h2-4,10-12,14-15H,1,5-9H2,(H,21,22). The van der Waals surface area contributed by atoms with Gasteiger partial charge >= 0.3 is 11.7 Å². The molecular weight excluding hydrogens is 322 g/mol. The van der Waals surface area contributed by atoms with Crippen molar-refractivity contribution in [3.8, 4) is 5.75 Å². The summed E-state index contributed by atoms with van der Waals surface area (Å²) in [5.41, 5.74) is -0.835. The Morgan fingerprint density at radius 1 is 1.24 bits per heavy atom. The Morgan fingerprint density at radius 2 is 1.84 bits per heavy atom. The van der Waals surface area contributed by atoms with Gasteiger partial charge in [0.1, 0.15) is 5.60 Å². The lowest BCUT2D eigenvalue weighted by Gasteiger charge is -2.59. The van der Waals surface area contributed by atoms with Crippen molar-refractivity contribution < 1.29 is 19.6 Å². The van der Waals surface area contributed by atoms with Gasteiger partial charge in [0.25, 0.3) is 0 Å². The highest BCUT2D eigenvalue weighted by Gasteiger charge is 2.58. The molecule has 6 nitrogen and oxygen atoms in total. The maximum atomic E-state index is 11.4. The fourth-order valence-electron chi connectivity index (χ4n) is 5.53. The van der Waals surface area contributed by atoms with E-state index in [4.69, 9.17) is 4.74 Å². The highest BCUT2D eigenvalue weighted by atomic mass is 16.6. The number of ether oxygens (including phenoxy) is 1. The normalized spacial score (nSPS) is 35.4. The van der Waals surface area contributed by atoms with Crippen LogP contribution in [-0.2, 0) is 0 Å². The van der Waals surface area contributed by atoms with Crippen LogP contribution in [0.5, 0.6) is 5.75 Å². The number of nitro benzene ring substituents is 1. The van der Waals surface area contributed by atoms with E-state index >= 15 is 0 Å². The second-order valence-corrected chi connectivity index (χ2v) is 7.71. The largest absolute Gasteiger partial charge is 0.478 e. The highest BCUT2D eigenvalue weighted by molar-refractivity contribution is 5.88. The van der Waals surface area contributed by atoms with Crippen molar-refractivity contribution in [3.63, 3.8) is 0 Å². The summed E-state index contributed by atoms with van der Waals surface area (Å²) in [5.74, 6) is 0.956. The predicted octanol–water partition coefficient (Wildman–Crippen LogP) is 4.05. The van der Waals surface area contributed by atoms with Crippen molar-refractivity contribution in [2.45, 2.75) is 37.7 Å². The molecule has 25 heavy (non-hydrogen) atoms. The van der Waals surface area contributed by atoms with Crippen LogP contribution in [0.15, 0.2) is 30.9 Å². The number of carboxylic acids is 1. The Hall–Kier alpha value is -2.37. The van der Waals surface area contributed by atoms with Gasteiger partial charge in [0.2, 0.25) is 0 Å². The molecule has 0 heterocycles. The molecule has 4 bridgehead atoms. The van der Waals surface area contributed by atoms with Gasteiger partial charge in [-0.25, -0.2) is 4.79 Å². The molecule has 6 heteroatoms. The quantitative estimate of drug-likeness (QED) is 0.495. The van der Waals surface area contributed by atoms with Gasteiger partial charge in [-0.15, -0.1) is 0 Å². The molecule has 0 aliphatic heterocycles. The van der Waals surface area contributed by atoms with Crippen LogP contribution < -0.4 is 4.74 Å². The summed E-state index contributed by atoms with van der Waals surface area (Å²) in [5, 5.41) is 20.6. The van der Waals surface area contributed by atoms with Crippen molar-refractivity contribution in [3.05, 3.63) is 46.5 Å². The molecular formula is C19H21NO5. The summed E-state index contributed by atoms with van der Waals surface area (Å²) in [6.07, 6.45) is 7.35. The van der Waals surface area contributed by atoms with Crippen LogP contribution in [0.1, 0.15) is 42.5 Å². The van der Waals surface area contributed by atoms with Crippen LogP contribution in [0, 0.1) is 33.8 Å². The van der Waals surface area contributed by atoms with E-state index in [2.05, 4.69) is 6.58 Å². The molecule has 0 aromatic heterocycles. The Morgan fingerprint density at radius 3 is 2.32 bits per heavy atom. The summed E-state index contributed by atoms with van der Waals surface area (Å²) in [4.78, 5) is 22.2. The average molecular weight is 343 g/mol. The zero-order valence-corrected chi connectivity index (χ0v) is 13.9. The number of carbonyl (C=O) groups is 1. The third kappa shape index (κ3) is 2.42. The van der Waals surface area contributed by atoms with Crippen LogP contribution in [0.3, 0.4) is 0 Å². The molecule has 4 fully saturated rings. The van der Waals surface area contributed by atoms with E-state index in [1.54, 1.807) is 0 Å². The number of hydrogen-bond acceptors (Lipinski definition) is 4. The van der Waals surface area contributed by atoms with Crippen LogP contribution in [-0.4, -0.2) is 21.6 Å². The number of carboxylic acid groups (broad SMARTS) is 1. The molecule has 0 atom stereocenters. The van der Waals surface area contributed by atoms with Gasteiger partial charge in [-0.3, -0.25) is 10.1 Å². The van der Waals surface area contributed by atoms with Gasteiger partial charge in [0.15, 0.2) is 5.75 Å². The second-order valence-electron chi connectivity index (χ2n) is 7.71. The van der Waals surface area contributed by atoms with E-state index in [1.165, 1.54) is 24.6 Å². The summed E-state index contributed by atoms with van der Waals surface area (Å²) in [6, 6.07) is 3.73. The Kier molecular flexibility index (Phi) is 3.60. The number of nitrogens with zero attached hydrogens (tertiary/aromatic N) is 1. The lowest BCUT2D eigenvalue weighted by molar-refractivity contribution is -0.386. The fraction of sp³-hybridized carbons (Fsp3) is 0.526. The maximum absolute atomic E-state index is 11.4. The summed E-state index contributed by atoms with van der Waals surface area (Å²) >= 11 is 0. The molecule has 132 valence electrons. The number of benzene rings is 1. The Labute approximate surface area is 145 Å². The number of hydrogen-bond donors (Lipinski definition) is 1. The highest BCUT2D eigenvalue weighted by Crippen LogP contribution is 2.60. The van der Waals surface area contributed by atoms with Crippen molar-refractivity contribution in [2.24, 2.45) is 23.7 Å². The summed E-state index contributed by atoms with van der Waals surface area (Å²) < 4.78 is 6.29. The van der Waals surface area contributed by atoms with Gasteiger partial charge in [0, 0.05) is 24.0 Å². The van der Waals surface area contributed by atoms with Gasteiger partial charge in [-0.1, -0.05) is 6.58 Å². The van der Waals surface area contributed by atoms with E-state index in [0.29, 0.717) is 11.8 Å². The van der Waals surface area contributed by atoms with E-state index in [9.17, 15) is 20.0 Å². The molecule has 1 aromatic rings. The molecule has 0 amide bonds.